The van der Waals surface area contributed by atoms with Gasteiger partial charge in [-0.1, -0.05) is 29.8 Å². The molecule has 0 amide bonds. The molecule has 1 aliphatic heterocycles. The number of nitrogens with zero attached hydrogens (tertiary/aromatic N) is 2. The summed E-state index contributed by atoms with van der Waals surface area (Å²) in [7, 11) is -3.44. The number of sulfonamides is 1. The van der Waals surface area contributed by atoms with Crippen LogP contribution in [0.1, 0.15) is 24.0 Å². The molecule has 1 aliphatic rings. The number of hydrogen-bond acceptors (Lipinski definition) is 4. The lowest BCUT2D eigenvalue weighted by Crippen LogP contribution is -2.19. The number of anilines is 2. The Hall–Kier alpha value is -2.08. The molecule has 3 rings (SSSR count). The van der Waals surface area contributed by atoms with Gasteiger partial charge in [0.1, 0.15) is 5.82 Å². The lowest BCUT2D eigenvalue weighted by atomic mass is 10.2. The Morgan fingerprint density at radius 3 is 2.61 bits per heavy atom. The molecule has 1 saturated heterocycles. The second-order valence-corrected chi connectivity index (χ2v) is 7.67. The van der Waals surface area contributed by atoms with Crippen LogP contribution in [0.25, 0.3) is 0 Å². The Labute approximate surface area is 137 Å². The van der Waals surface area contributed by atoms with Crippen molar-refractivity contribution in [2.75, 3.05) is 22.7 Å². The number of aryl methyl sites for hydroxylation is 1. The van der Waals surface area contributed by atoms with Gasteiger partial charge in [0.2, 0.25) is 10.0 Å². The van der Waals surface area contributed by atoms with Crippen LogP contribution in [0, 0.1) is 6.92 Å². The average Bonchev–Trinajstić information content (AvgIpc) is 3.01. The maximum absolute atomic E-state index is 12.3. The van der Waals surface area contributed by atoms with Crippen LogP contribution in [0.4, 0.5) is 11.5 Å². The maximum Gasteiger partial charge on any atom is 0.236 e. The smallest absolute Gasteiger partial charge is 0.236 e. The van der Waals surface area contributed by atoms with E-state index in [1.807, 2.05) is 37.3 Å². The molecule has 0 spiro atoms. The summed E-state index contributed by atoms with van der Waals surface area (Å²) >= 11 is 0. The van der Waals surface area contributed by atoms with E-state index in [1.54, 1.807) is 12.3 Å². The standard InChI is InChI=1S/C17H21N3O2S/c1-14-5-4-6-15(11-14)13-23(21,22)19-16-7-8-17(18-12-16)20-9-2-3-10-20/h4-8,11-12,19H,2-3,9-10,13H2,1H3. The van der Waals surface area contributed by atoms with Gasteiger partial charge in [-0.25, -0.2) is 13.4 Å². The topological polar surface area (TPSA) is 62.3 Å². The largest absolute Gasteiger partial charge is 0.357 e. The molecule has 1 aromatic carbocycles. The first-order chi connectivity index (χ1) is 11.0. The number of benzene rings is 1. The number of pyridine rings is 1. The minimum atomic E-state index is -3.44. The Bertz CT molecular complexity index is 767. The summed E-state index contributed by atoms with van der Waals surface area (Å²) in [5.41, 5.74) is 2.33. The molecule has 0 bridgehead atoms. The zero-order valence-corrected chi connectivity index (χ0v) is 14.0. The molecule has 1 N–H and O–H groups in total. The van der Waals surface area contributed by atoms with E-state index < -0.39 is 10.0 Å². The predicted molar refractivity (Wildman–Crippen MR) is 93.1 cm³/mol. The van der Waals surface area contributed by atoms with Gasteiger partial charge in [-0.05, 0) is 37.5 Å². The highest BCUT2D eigenvalue weighted by atomic mass is 32.2. The van der Waals surface area contributed by atoms with Gasteiger partial charge in [0.05, 0.1) is 17.6 Å². The first kappa shape index (κ1) is 15.8. The van der Waals surface area contributed by atoms with Crippen LogP contribution in [0.2, 0.25) is 0 Å². The fourth-order valence-corrected chi connectivity index (χ4v) is 3.99. The molecule has 5 nitrogen and oxygen atoms in total. The average molecular weight is 331 g/mol. The fraction of sp³-hybridized carbons (Fsp3) is 0.353. The molecular weight excluding hydrogens is 310 g/mol. The Balaban J connectivity index is 1.67. The van der Waals surface area contributed by atoms with E-state index in [0.717, 1.165) is 30.0 Å². The Morgan fingerprint density at radius 1 is 1.17 bits per heavy atom. The van der Waals surface area contributed by atoms with Crippen molar-refractivity contribution in [1.82, 2.24) is 4.98 Å². The summed E-state index contributed by atoms with van der Waals surface area (Å²) in [6.07, 6.45) is 3.96. The molecule has 0 unspecified atom stereocenters. The first-order valence-corrected chi connectivity index (χ1v) is 9.44. The van der Waals surface area contributed by atoms with E-state index >= 15 is 0 Å². The van der Waals surface area contributed by atoms with Gasteiger partial charge < -0.3 is 4.90 Å². The van der Waals surface area contributed by atoms with Crippen LogP contribution in [-0.4, -0.2) is 26.5 Å². The monoisotopic (exact) mass is 331 g/mol. The molecule has 2 aromatic rings. The second-order valence-electron chi connectivity index (χ2n) is 5.95. The highest BCUT2D eigenvalue weighted by molar-refractivity contribution is 7.91. The molecule has 122 valence electrons. The maximum atomic E-state index is 12.3. The van der Waals surface area contributed by atoms with E-state index in [0.29, 0.717) is 5.69 Å². The SMILES string of the molecule is Cc1cccc(CS(=O)(=O)Nc2ccc(N3CCCC3)nc2)c1. The van der Waals surface area contributed by atoms with Gasteiger partial charge in [-0.3, -0.25) is 4.72 Å². The van der Waals surface area contributed by atoms with Gasteiger partial charge in [0, 0.05) is 13.1 Å². The molecular formula is C17H21N3O2S. The quantitative estimate of drug-likeness (QED) is 0.915. The minimum Gasteiger partial charge on any atom is -0.357 e. The van der Waals surface area contributed by atoms with Crippen molar-refractivity contribution in [3.05, 3.63) is 53.7 Å². The highest BCUT2D eigenvalue weighted by Gasteiger charge is 2.15. The van der Waals surface area contributed by atoms with Crippen LogP contribution in [0.5, 0.6) is 0 Å². The van der Waals surface area contributed by atoms with Crippen LogP contribution in [0.15, 0.2) is 42.6 Å². The fourth-order valence-electron chi connectivity index (χ4n) is 2.82. The summed E-state index contributed by atoms with van der Waals surface area (Å²) in [5, 5.41) is 0. The number of nitrogens with one attached hydrogen (secondary N) is 1. The van der Waals surface area contributed by atoms with Crippen molar-refractivity contribution in [2.24, 2.45) is 0 Å². The highest BCUT2D eigenvalue weighted by Crippen LogP contribution is 2.20. The van der Waals surface area contributed by atoms with Gasteiger partial charge in [0.25, 0.3) is 0 Å². The van der Waals surface area contributed by atoms with Gasteiger partial charge in [-0.15, -0.1) is 0 Å². The molecule has 6 heteroatoms. The molecule has 1 fully saturated rings. The van der Waals surface area contributed by atoms with Crippen molar-refractivity contribution in [1.29, 1.82) is 0 Å². The molecule has 0 aliphatic carbocycles. The van der Waals surface area contributed by atoms with Crippen LogP contribution < -0.4 is 9.62 Å². The summed E-state index contributed by atoms with van der Waals surface area (Å²) in [4.78, 5) is 6.58. The molecule has 0 atom stereocenters. The van der Waals surface area contributed by atoms with Crippen LogP contribution in [-0.2, 0) is 15.8 Å². The van der Waals surface area contributed by atoms with Crippen molar-refractivity contribution >= 4 is 21.5 Å². The normalized spacial score (nSPS) is 14.9. The van der Waals surface area contributed by atoms with E-state index in [2.05, 4.69) is 14.6 Å². The van der Waals surface area contributed by atoms with Crippen LogP contribution in [0.3, 0.4) is 0 Å². The lowest BCUT2D eigenvalue weighted by molar-refractivity contribution is 0.600. The number of hydrogen-bond donors (Lipinski definition) is 1. The summed E-state index contributed by atoms with van der Waals surface area (Å²) in [6, 6.07) is 11.2. The second kappa shape index (κ2) is 6.58. The summed E-state index contributed by atoms with van der Waals surface area (Å²) in [5.74, 6) is 0.867. The van der Waals surface area contributed by atoms with Gasteiger partial charge in [-0.2, -0.15) is 0 Å². The van der Waals surface area contributed by atoms with Crippen molar-refractivity contribution in [3.63, 3.8) is 0 Å². The molecule has 2 heterocycles. The minimum absolute atomic E-state index is 0.0391. The van der Waals surface area contributed by atoms with Crippen molar-refractivity contribution in [2.45, 2.75) is 25.5 Å². The van der Waals surface area contributed by atoms with Gasteiger partial charge >= 0.3 is 0 Å². The van der Waals surface area contributed by atoms with Gasteiger partial charge in [0.15, 0.2) is 0 Å². The third kappa shape index (κ3) is 4.22. The van der Waals surface area contributed by atoms with E-state index in [9.17, 15) is 8.42 Å². The Morgan fingerprint density at radius 2 is 1.96 bits per heavy atom. The van der Waals surface area contributed by atoms with E-state index in [-0.39, 0.29) is 5.75 Å². The third-order valence-electron chi connectivity index (χ3n) is 3.89. The summed E-state index contributed by atoms with van der Waals surface area (Å²) < 4.78 is 27.1. The van der Waals surface area contributed by atoms with Crippen molar-refractivity contribution in [3.8, 4) is 0 Å². The molecule has 23 heavy (non-hydrogen) atoms. The lowest BCUT2D eigenvalue weighted by Gasteiger charge is -2.16. The van der Waals surface area contributed by atoms with Crippen molar-refractivity contribution < 1.29 is 8.42 Å². The predicted octanol–water partition coefficient (Wildman–Crippen LogP) is 2.93. The Kier molecular flexibility index (Phi) is 4.52. The number of rotatable bonds is 5. The first-order valence-electron chi connectivity index (χ1n) is 7.79. The third-order valence-corrected chi connectivity index (χ3v) is 5.15. The van der Waals surface area contributed by atoms with E-state index in [4.69, 9.17) is 0 Å². The zero-order valence-electron chi connectivity index (χ0n) is 13.2. The molecule has 0 saturated carbocycles. The molecule has 1 aromatic heterocycles. The zero-order chi connectivity index (χ0) is 16.3. The molecule has 0 radical (unpaired) electrons. The van der Waals surface area contributed by atoms with E-state index in [1.165, 1.54) is 12.8 Å². The summed E-state index contributed by atoms with van der Waals surface area (Å²) in [6.45, 7) is 3.99. The number of aromatic nitrogens is 1. The van der Waals surface area contributed by atoms with Crippen LogP contribution >= 0.6 is 0 Å².